The molecule has 1 N–H and O–H groups in total. The Kier molecular flexibility index (Phi) is 3.93. The molecule has 0 radical (unpaired) electrons. The molecule has 0 amide bonds. The molecule has 2 rings (SSSR count). The van der Waals surface area contributed by atoms with Crippen molar-refractivity contribution in [1.29, 1.82) is 0 Å². The van der Waals surface area contributed by atoms with Gasteiger partial charge in [-0.05, 0) is 35.9 Å². The van der Waals surface area contributed by atoms with E-state index in [9.17, 15) is 9.90 Å². The molecule has 4 heteroatoms. The molecule has 96 valence electrons. The summed E-state index contributed by atoms with van der Waals surface area (Å²) in [4.78, 5) is 15.7. The number of ketones is 1. The van der Waals surface area contributed by atoms with Crippen molar-refractivity contribution in [2.45, 2.75) is 0 Å². The van der Waals surface area contributed by atoms with Gasteiger partial charge in [0.25, 0.3) is 0 Å². The first kappa shape index (κ1) is 12.8. The van der Waals surface area contributed by atoms with Crippen LogP contribution in [0.15, 0.2) is 48.8 Å². The van der Waals surface area contributed by atoms with Gasteiger partial charge >= 0.3 is 0 Å². The second-order valence-corrected chi connectivity index (χ2v) is 3.86. The first-order valence-corrected chi connectivity index (χ1v) is 5.70. The van der Waals surface area contributed by atoms with Crippen LogP contribution < -0.4 is 4.74 Å². The molecule has 0 atom stereocenters. The lowest BCUT2D eigenvalue weighted by molar-refractivity contribution is 0.104. The van der Waals surface area contributed by atoms with E-state index < -0.39 is 0 Å². The van der Waals surface area contributed by atoms with Gasteiger partial charge in [-0.2, -0.15) is 0 Å². The molecular formula is C15H13NO3. The Labute approximate surface area is 111 Å². The van der Waals surface area contributed by atoms with Gasteiger partial charge in [0.1, 0.15) is 0 Å². The quantitative estimate of drug-likeness (QED) is 0.674. The monoisotopic (exact) mass is 255 g/mol. The number of hydrogen-bond donors (Lipinski definition) is 1. The Morgan fingerprint density at radius 3 is 2.68 bits per heavy atom. The van der Waals surface area contributed by atoms with Gasteiger partial charge in [-0.1, -0.05) is 12.1 Å². The summed E-state index contributed by atoms with van der Waals surface area (Å²) in [6, 6.07) is 8.20. The van der Waals surface area contributed by atoms with Gasteiger partial charge in [0.2, 0.25) is 0 Å². The van der Waals surface area contributed by atoms with Crippen LogP contribution in [-0.4, -0.2) is 23.0 Å². The summed E-state index contributed by atoms with van der Waals surface area (Å²) in [5, 5.41) is 9.47. The van der Waals surface area contributed by atoms with Crippen LogP contribution in [-0.2, 0) is 0 Å². The van der Waals surface area contributed by atoms with Crippen LogP contribution in [0.2, 0.25) is 0 Å². The molecule has 0 aliphatic carbocycles. The van der Waals surface area contributed by atoms with Crippen molar-refractivity contribution >= 4 is 11.9 Å². The van der Waals surface area contributed by atoms with E-state index in [4.69, 9.17) is 4.74 Å². The number of rotatable bonds is 4. The molecule has 0 aliphatic heterocycles. The van der Waals surface area contributed by atoms with Crippen LogP contribution in [0.1, 0.15) is 15.9 Å². The maximum absolute atomic E-state index is 11.8. The molecular weight excluding hydrogens is 242 g/mol. The number of carbonyl (C=O) groups is 1. The lowest BCUT2D eigenvalue weighted by atomic mass is 10.1. The third kappa shape index (κ3) is 3.19. The molecule has 2 aromatic rings. The summed E-state index contributed by atoms with van der Waals surface area (Å²) in [5.41, 5.74) is 1.36. The molecule has 0 fully saturated rings. The van der Waals surface area contributed by atoms with Crippen molar-refractivity contribution in [3.05, 3.63) is 59.9 Å². The van der Waals surface area contributed by atoms with Gasteiger partial charge < -0.3 is 9.84 Å². The van der Waals surface area contributed by atoms with Crippen LogP contribution in [0, 0.1) is 0 Å². The van der Waals surface area contributed by atoms with Gasteiger partial charge in [0.05, 0.1) is 7.11 Å². The summed E-state index contributed by atoms with van der Waals surface area (Å²) in [6.07, 6.45) is 6.29. The summed E-state index contributed by atoms with van der Waals surface area (Å²) >= 11 is 0. The van der Waals surface area contributed by atoms with Crippen molar-refractivity contribution in [3.8, 4) is 11.5 Å². The molecule has 1 aromatic heterocycles. The lowest BCUT2D eigenvalue weighted by Gasteiger charge is -2.03. The highest BCUT2D eigenvalue weighted by molar-refractivity contribution is 6.06. The van der Waals surface area contributed by atoms with E-state index in [1.54, 1.807) is 42.7 Å². The molecule has 0 bridgehead atoms. The van der Waals surface area contributed by atoms with Gasteiger partial charge in [-0.15, -0.1) is 0 Å². The number of aromatic nitrogens is 1. The Morgan fingerprint density at radius 2 is 2.00 bits per heavy atom. The van der Waals surface area contributed by atoms with E-state index >= 15 is 0 Å². The molecule has 0 unspecified atom stereocenters. The third-order valence-electron chi connectivity index (χ3n) is 2.60. The second-order valence-electron chi connectivity index (χ2n) is 3.86. The Balaban J connectivity index is 2.17. The Morgan fingerprint density at radius 1 is 1.26 bits per heavy atom. The fraction of sp³-hybridized carbons (Fsp3) is 0.0667. The molecule has 0 aliphatic rings. The largest absolute Gasteiger partial charge is 0.504 e. The fourth-order valence-electron chi connectivity index (χ4n) is 1.58. The SMILES string of the molecule is COc1cc(/C=C/C(=O)c2ccncc2)ccc1O. The van der Waals surface area contributed by atoms with Crippen LogP contribution in [0.25, 0.3) is 6.08 Å². The zero-order valence-electron chi connectivity index (χ0n) is 10.4. The van der Waals surface area contributed by atoms with E-state index in [0.717, 1.165) is 5.56 Å². The first-order chi connectivity index (χ1) is 9.20. The van der Waals surface area contributed by atoms with E-state index in [1.807, 2.05) is 0 Å². The second kappa shape index (κ2) is 5.82. The summed E-state index contributed by atoms with van der Waals surface area (Å²) in [7, 11) is 1.48. The highest BCUT2D eigenvalue weighted by Gasteiger charge is 2.02. The molecule has 4 nitrogen and oxygen atoms in total. The van der Waals surface area contributed by atoms with Crippen LogP contribution in [0.3, 0.4) is 0 Å². The predicted molar refractivity (Wildman–Crippen MR) is 72.3 cm³/mol. The normalized spacial score (nSPS) is 10.6. The van der Waals surface area contributed by atoms with Crippen molar-refractivity contribution in [3.63, 3.8) is 0 Å². The number of carbonyl (C=O) groups excluding carboxylic acids is 1. The Hall–Kier alpha value is -2.62. The standard InChI is InChI=1S/C15H13NO3/c1-19-15-10-11(3-5-14(15)18)2-4-13(17)12-6-8-16-9-7-12/h2-10,18H,1H3/b4-2+. The molecule has 0 saturated heterocycles. The topological polar surface area (TPSA) is 59.4 Å². The van der Waals surface area contributed by atoms with Crippen molar-refractivity contribution in [2.24, 2.45) is 0 Å². The van der Waals surface area contributed by atoms with Crippen molar-refractivity contribution < 1.29 is 14.6 Å². The minimum Gasteiger partial charge on any atom is -0.504 e. The number of benzene rings is 1. The van der Waals surface area contributed by atoms with Gasteiger partial charge in [-0.3, -0.25) is 9.78 Å². The predicted octanol–water partition coefficient (Wildman–Crippen LogP) is 2.69. The summed E-state index contributed by atoms with van der Waals surface area (Å²) in [5.74, 6) is 0.341. The number of nitrogens with zero attached hydrogens (tertiary/aromatic N) is 1. The van der Waals surface area contributed by atoms with Gasteiger partial charge in [-0.25, -0.2) is 0 Å². The summed E-state index contributed by atoms with van der Waals surface area (Å²) in [6.45, 7) is 0. The van der Waals surface area contributed by atoms with E-state index in [1.165, 1.54) is 19.3 Å². The number of methoxy groups -OCH3 is 1. The van der Waals surface area contributed by atoms with E-state index in [-0.39, 0.29) is 11.5 Å². The van der Waals surface area contributed by atoms with Crippen molar-refractivity contribution in [2.75, 3.05) is 7.11 Å². The third-order valence-corrected chi connectivity index (χ3v) is 2.60. The lowest BCUT2D eigenvalue weighted by Crippen LogP contribution is -1.93. The zero-order valence-corrected chi connectivity index (χ0v) is 10.4. The van der Waals surface area contributed by atoms with Gasteiger partial charge in [0.15, 0.2) is 17.3 Å². The molecule has 1 aromatic carbocycles. The maximum atomic E-state index is 11.8. The number of phenols is 1. The van der Waals surface area contributed by atoms with E-state index in [0.29, 0.717) is 11.3 Å². The van der Waals surface area contributed by atoms with Crippen molar-refractivity contribution in [1.82, 2.24) is 4.98 Å². The molecule has 1 heterocycles. The minimum atomic E-state index is -0.102. The average molecular weight is 255 g/mol. The average Bonchev–Trinajstić information content (AvgIpc) is 2.47. The zero-order chi connectivity index (χ0) is 13.7. The fourth-order valence-corrected chi connectivity index (χ4v) is 1.58. The Bertz CT molecular complexity index is 606. The number of hydrogen-bond acceptors (Lipinski definition) is 4. The molecule has 0 spiro atoms. The smallest absolute Gasteiger partial charge is 0.185 e. The van der Waals surface area contributed by atoms with Crippen LogP contribution in [0.5, 0.6) is 11.5 Å². The number of ether oxygens (including phenoxy) is 1. The van der Waals surface area contributed by atoms with Crippen LogP contribution >= 0.6 is 0 Å². The molecule has 19 heavy (non-hydrogen) atoms. The first-order valence-electron chi connectivity index (χ1n) is 5.70. The highest BCUT2D eigenvalue weighted by atomic mass is 16.5. The molecule has 0 saturated carbocycles. The maximum Gasteiger partial charge on any atom is 0.185 e. The number of phenolic OH excluding ortho intramolecular Hbond substituents is 1. The summed E-state index contributed by atoms with van der Waals surface area (Å²) < 4.78 is 5.00. The number of aromatic hydroxyl groups is 1. The number of pyridine rings is 1. The van der Waals surface area contributed by atoms with Gasteiger partial charge in [0, 0.05) is 18.0 Å². The van der Waals surface area contributed by atoms with E-state index in [2.05, 4.69) is 4.98 Å². The number of allylic oxidation sites excluding steroid dienone is 1. The minimum absolute atomic E-state index is 0.0695. The van der Waals surface area contributed by atoms with Crippen LogP contribution in [0.4, 0.5) is 0 Å². The highest BCUT2D eigenvalue weighted by Crippen LogP contribution is 2.26.